The van der Waals surface area contributed by atoms with Crippen LogP contribution in [0.15, 0.2) is 18.2 Å². The lowest BCUT2D eigenvalue weighted by atomic mass is 10.1. The number of nitrogens with zero attached hydrogens (tertiary/aromatic N) is 1. The lowest BCUT2D eigenvalue weighted by Gasteiger charge is -2.28. The monoisotopic (exact) mass is 279 g/mol. The maximum atomic E-state index is 12.0. The highest BCUT2D eigenvalue weighted by atomic mass is 16.5. The van der Waals surface area contributed by atoms with Crippen molar-refractivity contribution in [3.05, 3.63) is 23.8 Å². The number of carbonyl (C=O) groups excluding carboxylic acids is 1. The molecule has 0 N–H and O–H groups in total. The molecule has 0 unspecified atom stereocenters. The van der Waals surface area contributed by atoms with Gasteiger partial charge in [-0.25, -0.2) is 0 Å². The van der Waals surface area contributed by atoms with Gasteiger partial charge < -0.3 is 14.4 Å². The number of hydrogen-bond acceptors (Lipinski definition) is 4. The SMILES string of the molecule is COCCN(CC(C)C)c1cccc(OC)c1C(C)=O. The maximum Gasteiger partial charge on any atom is 0.165 e. The predicted molar refractivity (Wildman–Crippen MR) is 81.9 cm³/mol. The van der Waals surface area contributed by atoms with Crippen LogP contribution in [0.2, 0.25) is 0 Å². The number of ketones is 1. The number of hydrogen-bond donors (Lipinski definition) is 0. The van der Waals surface area contributed by atoms with E-state index in [-0.39, 0.29) is 5.78 Å². The molecule has 0 aliphatic rings. The average molecular weight is 279 g/mol. The second kappa shape index (κ2) is 7.90. The van der Waals surface area contributed by atoms with E-state index in [0.717, 1.165) is 18.8 Å². The summed E-state index contributed by atoms with van der Waals surface area (Å²) in [7, 11) is 3.28. The highest BCUT2D eigenvalue weighted by Gasteiger charge is 2.19. The van der Waals surface area contributed by atoms with Gasteiger partial charge in [0.05, 0.1) is 25.0 Å². The molecule has 0 fully saturated rings. The van der Waals surface area contributed by atoms with Crippen LogP contribution in [-0.2, 0) is 4.74 Å². The van der Waals surface area contributed by atoms with Crippen LogP contribution >= 0.6 is 0 Å². The van der Waals surface area contributed by atoms with Gasteiger partial charge in [0.2, 0.25) is 0 Å². The van der Waals surface area contributed by atoms with Gasteiger partial charge in [0.25, 0.3) is 0 Å². The molecule has 0 atom stereocenters. The number of rotatable bonds is 8. The fourth-order valence-electron chi connectivity index (χ4n) is 2.26. The van der Waals surface area contributed by atoms with Gasteiger partial charge in [0, 0.05) is 20.2 Å². The summed E-state index contributed by atoms with van der Waals surface area (Å²) in [6, 6.07) is 5.71. The zero-order valence-corrected chi connectivity index (χ0v) is 13.1. The van der Waals surface area contributed by atoms with Crippen molar-refractivity contribution < 1.29 is 14.3 Å². The zero-order chi connectivity index (χ0) is 15.1. The molecule has 0 aliphatic heterocycles. The summed E-state index contributed by atoms with van der Waals surface area (Å²) >= 11 is 0. The second-order valence-electron chi connectivity index (χ2n) is 5.24. The van der Waals surface area contributed by atoms with Gasteiger partial charge in [-0.2, -0.15) is 0 Å². The molecule has 1 aromatic rings. The molecule has 4 heteroatoms. The molecule has 0 saturated carbocycles. The summed E-state index contributed by atoms with van der Waals surface area (Å²) in [4.78, 5) is 14.2. The van der Waals surface area contributed by atoms with Gasteiger partial charge in [0.15, 0.2) is 5.78 Å². The minimum Gasteiger partial charge on any atom is -0.496 e. The van der Waals surface area contributed by atoms with Gasteiger partial charge in [-0.1, -0.05) is 19.9 Å². The number of Topliss-reactive ketones (excluding diaryl/α,β-unsaturated/α-hetero) is 1. The molecule has 112 valence electrons. The van der Waals surface area contributed by atoms with Crippen molar-refractivity contribution in [1.29, 1.82) is 0 Å². The molecular weight excluding hydrogens is 254 g/mol. The molecule has 0 heterocycles. The van der Waals surface area contributed by atoms with Crippen LogP contribution in [-0.4, -0.2) is 39.7 Å². The normalized spacial score (nSPS) is 10.7. The number of benzene rings is 1. The van der Waals surface area contributed by atoms with Crippen molar-refractivity contribution in [1.82, 2.24) is 0 Å². The molecule has 0 aromatic heterocycles. The Balaban J connectivity index is 3.20. The van der Waals surface area contributed by atoms with Crippen molar-refractivity contribution in [2.75, 3.05) is 38.8 Å². The van der Waals surface area contributed by atoms with Crippen LogP contribution in [0.25, 0.3) is 0 Å². The first-order valence-corrected chi connectivity index (χ1v) is 6.93. The van der Waals surface area contributed by atoms with E-state index < -0.39 is 0 Å². The van der Waals surface area contributed by atoms with Gasteiger partial charge in [-0.05, 0) is 25.0 Å². The highest BCUT2D eigenvalue weighted by molar-refractivity contribution is 6.02. The number of carbonyl (C=O) groups is 1. The van der Waals surface area contributed by atoms with Crippen molar-refractivity contribution in [2.24, 2.45) is 5.92 Å². The second-order valence-corrected chi connectivity index (χ2v) is 5.24. The van der Waals surface area contributed by atoms with E-state index >= 15 is 0 Å². The standard InChI is InChI=1S/C16H25NO3/c1-12(2)11-17(9-10-19-4)14-7-6-8-15(20-5)16(14)13(3)18/h6-8,12H,9-11H2,1-5H3. The van der Waals surface area contributed by atoms with Gasteiger partial charge in [0.1, 0.15) is 5.75 Å². The first-order chi connectivity index (χ1) is 9.51. The summed E-state index contributed by atoms with van der Waals surface area (Å²) < 4.78 is 10.5. The van der Waals surface area contributed by atoms with Gasteiger partial charge in [-0.15, -0.1) is 0 Å². The van der Waals surface area contributed by atoms with Crippen molar-refractivity contribution >= 4 is 11.5 Å². The van der Waals surface area contributed by atoms with Crippen molar-refractivity contribution in [2.45, 2.75) is 20.8 Å². The topological polar surface area (TPSA) is 38.8 Å². The van der Waals surface area contributed by atoms with Crippen LogP contribution in [0.3, 0.4) is 0 Å². The van der Waals surface area contributed by atoms with Crippen molar-refractivity contribution in [3.8, 4) is 5.75 Å². The van der Waals surface area contributed by atoms with E-state index in [1.54, 1.807) is 21.1 Å². The fraction of sp³-hybridized carbons (Fsp3) is 0.562. The van der Waals surface area contributed by atoms with Crippen LogP contribution in [0.4, 0.5) is 5.69 Å². The third-order valence-corrected chi connectivity index (χ3v) is 3.07. The quantitative estimate of drug-likeness (QED) is 0.686. The highest BCUT2D eigenvalue weighted by Crippen LogP contribution is 2.30. The minimum atomic E-state index is 0.0172. The number of anilines is 1. The molecule has 4 nitrogen and oxygen atoms in total. The molecule has 0 bridgehead atoms. The predicted octanol–water partition coefficient (Wildman–Crippen LogP) is 3.01. The molecule has 0 amide bonds. The zero-order valence-electron chi connectivity index (χ0n) is 13.1. The fourth-order valence-corrected chi connectivity index (χ4v) is 2.26. The Labute approximate surface area is 121 Å². The molecular formula is C16H25NO3. The minimum absolute atomic E-state index is 0.0172. The third kappa shape index (κ3) is 4.23. The number of ether oxygens (including phenoxy) is 2. The average Bonchev–Trinajstić information content (AvgIpc) is 2.41. The van der Waals surface area contributed by atoms with Crippen LogP contribution < -0.4 is 9.64 Å². The summed E-state index contributed by atoms with van der Waals surface area (Å²) in [5.41, 5.74) is 1.56. The lowest BCUT2D eigenvalue weighted by molar-refractivity contribution is 0.101. The number of methoxy groups -OCH3 is 2. The third-order valence-electron chi connectivity index (χ3n) is 3.07. The summed E-state index contributed by atoms with van der Waals surface area (Å²) in [5.74, 6) is 1.14. The Hall–Kier alpha value is -1.55. The first-order valence-electron chi connectivity index (χ1n) is 6.93. The Kier molecular flexibility index (Phi) is 6.52. The molecule has 0 saturated heterocycles. The van der Waals surface area contributed by atoms with Gasteiger partial charge >= 0.3 is 0 Å². The molecule has 0 radical (unpaired) electrons. The van der Waals surface area contributed by atoms with E-state index in [9.17, 15) is 4.79 Å². The summed E-state index contributed by atoms with van der Waals surface area (Å²) in [6.45, 7) is 8.15. The van der Waals surface area contributed by atoms with E-state index in [1.807, 2.05) is 18.2 Å². The summed E-state index contributed by atoms with van der Waals surface area (Å²) in [6.07, 6.45) is 0. The summed E-state index contributed by atoms with van der Waals surface area (Å²) in [5, 5.41) is 0. The Morgan fingerprint density at radius 3 is 2.50 bits per heavy atom. The Morgan fingerprint density at radius 2 is 2.00 bits per heavy atom. The molecule has 0 aliphatic carbocycles. The van der Waals surface area contributed by atoms with Crippen LogP contribution in [0.5, 0.6) is 5.75 Å². The van der Waals surface area contributed by atoms with Crippen molar-refractivity contribution in [3.63, 3.8) is 0 Å². The molecule has 0 spiro atoms. The molecule has 20 heavy (non-hydrogen) atoms. The van der Waals surface area contributed by atoms with Crippen LogP contribution in [0.1, 0.15) is 31.1 Å². The van der Waals surface area contributed by atoms with Gasteiger partial charge in [-0.3, -0.25) is 4.79 Å². The smallest absolute Gasteiger partial charge is 0.165 e. The Bertz CT molecular complexity index is 443. The first kappa shape index (κ1) is 16.5. The maximum absolute atomic E-state index is 12.0. The largest absolute Gasteiger partial charge is 0.496 e. The Morgan fingerprint density at radius 1 is 1.30 bits per heavy atom. The van der Waals surface area contributed by atoms with E-state index in [2.05, 4.69) is 18.7 Å². The van der Waals surface area contributed by atoms with E-state index in [0.29, 0.717) is 23.8 Å². The van der Waals surface area contributed by atoms with E-state index in [1.165, 1.54) is 0 Å². The molecule has 1 rings (SSSR count). The molecule has 1 aromatic carbocycles. The van der Waals surface area contributed by atoms with Crippen LogP contribution in [0, 0.1) is 5.92 Å². The van der Waals surface area contributed by atoms with E-state index in [4.69, 9.17) is 9.47 Å². The lowest BCUT2D eigenvalue weighted by Crippen LogP contribution is -2.32.